The number of hydrogen-bond acceptors (Lipinski definition) is 1. The highest BCUT2D eigenvalue weighted by Crippen LogP contribution is 2.27. The number of piperidine rings is 1. The van der Waals surface area contributed by atoms with Gasteiger partial charge in [0.1, 0.15) is 0 Å². The summed E-state index contributed by atoms with van der Waals surface area (Å²) in [7, 11) is 0. The minimum Gasteiger partial charge on any atom is -0.324 e. The van der Waals surface area contributed by atoms with E-state index in [2.05, 4.69) is 5.32 Å². The molecule has 0 atom stereocenters. The second-order valence-corrected chi connectivity index (χ2v) is 4.72. The number of urea groups is 1. The Kier molecular flexibility index (Phi) is 3.71. The smallest absolute Gasteiger partial charge is 0.321 e. The van der Waals surface area contributed by atoms with Crippen molar-refractivity contribution >= 4 is 23.3 Å². The molecule has 2 amide bonds. The van der Waals surface area contributed by atoms with Crippen LogP contribution in [0, 0.1) is 0 Å². The zero-order chi connectivity index (χ0) is 13.2. The Bertz CT molecular complexity index is 426. The maximum absolute atomic E-state index is 12.9. The molecule has 1 aromatic rings. The molecule has 1 fully saturated rings. The van der Waals surface area contributed by atoms with Crippen molar-refractivity contribution in [2.45, 2.75) is 18.8 Å². The van der Waals surface area contributed by atoms with Crippen LogP contribution in [0.25, 0.3) is 0 Å². The Morgan fingerprint density at radius 3 is 2.33 bits per heavy atom. The Hall–Kier alpha value is -1.36. The summed E-state index contributed by atoms with van der Waals surface area (Å²) in [5, 5.41) is 3.22. The number of halogens is 3. The first-order chi connectivity index (χ1) is 8.46. The average Bonchev–Trinajstić information content (AvgIpc) is 2.32. The molecule has 0 unspecified atom stereocenters. The number of rotatable bonds is 1. The van der Waals surface area contributed by atoms with E-state index in [1.54, 1.807) is 24.3 Å². The number of alkyl halides is 2. The van der Waals surface area contributed by atoms with Crippen LogP contribution in [0.15, 0.2) is 24.3 Å². The van der Waals surface area contributed by atoms with Crippen LogP contribution in [-0.2, 0) is 0 Å². The lowest BCUT2D eigenvalue weighted by Gasteiger charge is -2.31. The van der Waals surface area contributed by atoms with E-state index in [1.165, 1.54) is 4.90 Å². The Morgan fingerprint density at radius 2 is 1.78 bits per heavy atom. The van der Waals surface area contributed by atoms with Gasteiger partial charge in [-0.15, -0.1) is 0 Å². The van der Waals surface area contributed by atoms with Crippen molar-refractivity contribution in [1.29, 1.82) is 0 Å². The summed E-state index contributed by atoms with van der Waals surface area (Å²) >= 11 is 5.72. The summed E-state index contributed by atoms with van der Waals surface area (Å²) in [6, 6.07) is 6.29. The number of hydrogen-bond donors (Lipinski definition) is 1. The molecule has 98 valence electrons. The molecule has 1 N–H and O–H groups in total. The fourth-order valence-corrected chi connectivity index (χ4v) is 1.90. The molecule has 0 aliphatic carbocycles. The third-order valence-electron chi connectivity index (χ3n) is 2.88. The van der Waals surface area contributed by atoms with Crippen LogP contribution in [-0.4, -0.2) is 29.9 Å². The zero-order valence-electron chi connectivity index (χ0n) is 9.63. The second-order valence-electron chi connectivity index (χ2n) is 4.28. The Balaban J connectivity index is 1.91. The van der Waals surface area contributed by atoms with Gasteiger partial charge in [0.15, 0.2) is 0 Å². The number of carbonyl (C=O) groups excluding carboxylic acids is 1. The third-order valence-corrected chi connectivity index (χ3v) is 3.13. The van der Waals surface area contributed by atoms with Crippen molar-refractivity contribution in [2.24, 2.45) is 0 Å². The molecule has 0 spiro atoms. The van der Waals surface area contributed by atoms with Crippen molar-refractivity contribution in [3.8, 4) is 0 Å². The van der Waals surface area contributed by atoms with Gasteiger partial charge in [-0.2, -0.15) is 0 Å². The Labute approximate surface area is 109 Å². The molecule has 0 bridgehead atoms. The lowest BCUT2D eigenvalue weighted by Crippen LogP contribution is -2.44. The van der Waals surface area contributed by atoms with Crippen LogP contribution in [0.3, 0.4) is 0 Å². The normalized spacial score (nSPS) is 18.5. The van der Waals surface area contributed by atoms with Crippen molar-refractivity contribution in [3.63, 3.8) is 0 Å². The monoisotopic (exact) mass is 274 g/mol. The van der Waals surface area contributed by atoms with Crippen LogP contribution < -0.4 is 5.32 Å². The predicted octanol–water partition coefficient (Wildman–Crippen LogP) is 3.60. The van der Waals surface area contributed by atoms with E-state index in [0.29, 0.717) is 10.7 Å². The van der Waals surface area contributed by atoms with Crippen molar-refractivity contribution in [2.75, 3.05) is 18.4 Å². The third kappa shape index (κ3) is 3.32. The number of nitrogens with zero attached hydrogens (tertiary/aromatic N) is 1. The van der Waals surface area contributed by atoms with Gasteiger partial charge >= 0.3 is 6.03 Å². The molecular formula is C12H13ClF2N2O. The van der Waals surface area contributed by atoms with Gasteiger partial charge < -0.3 is 10.2 Å². The molecule has 2 rings (SSSR count). The first-order valence-corrected chi connectivity index (χ1v) is 6.03. The molecule has 6 heteroatoms. The zero-order valence-corrected chi connectivity index (χ0v) is 10.4. The molecule has 0 aromatic heterocycles. The van der Waals surface area contributed by atoms with Gasteiger partial charge in [0.2, 0.25) is 0 Å². The Morgan fingerprint density at radius 1 is 1.22 bits per heavy atom. The van der Waals surface area contributed by atoms with Crippen LogP contribution in [0.4, 0.5) is 19.3 Å². The molecular weight excluding hydrogens is 262 g/mol. The average molecular weight is 275 g/mol. The van der Waals surface area contributed by atoms with E-state index >= 15 is 0 Å². The summed E-state index contributed by atoms with van der Waals surface area (Å²) in [6.45, 7) is 0.152. The number of nitrogens with one attached hydrogen (secondary N) is 1. The first kappa shape index (κ1) is 13.1. The molecule has 1 heterocycles. The highest BCUT2D eigenvalue weighted by atomic mass is 35.5. The van der Waals surface area contributed by atoms with Gasteiger partial charge in [0, 0.05) is 36.6 Å². The topological polar surface area (TPSA) is 32.3 Å². The largest absolute Gasteiger partial charge is 0.324 e. The lowest BCUT2D eigenvalue weighted by atomic mass is 10.1. The molecule has 0 saturated carbocycles. The fraction of sp³-hybridized carbons (Fsp3) is 0.417. The number of amides is 2. The molecule has 18 heavy (non-hydrogen) atoms. The minimum absolute atomic E-state index is 0.0758. The number of carbonyl (C=O) groups is 1. The van der Waals surface area contributed by atoms with E-state index in [9.17, 15) is 13.6 Å². The van der Waals surface area contributed by atoms with Crippen LogP contribution in [0.1, 0.15) is 12.8 Å². The van der Waals surface area contributed by atoms with Gasteiger partial charge in [0.05, 0.1) is 0 Å². The molecule has 3 nitrogen and oxygen atoms in total. The summed E-state index contributed by atoms with van der Waals surface area (Å²) in [4.78, 5) is 13.2. The van der Waals surface area contributed by atoms with Crippen molar-refractivity contribution in [3.05, 3.63) is 29.3 Å². The number of benzene rings is 1. The van der Waals surface area contributed by atoms with Crippen molar-refractivity contribution in [1.82, 2.24) is 4.90 Å². The van der Waals surface area contributed by atoms with E-state index in [0.717, 1.165) is 0 Å². The van der Waals surface area contributed by atoms with Gasteiger partial charge in [-0.3, -0.25) is 0 Å². The van der Waals surface area contributed by atoms with Gasteiger partial charge in [0.25, 0.3) is 5.92 Å². The van der Waals surface area contributed by atoms with E-state index in [4.69, 9.17) is 11.6 Å². The molecule has 0 radical (unpaired) electrons. The fourth-order valence-electron chi connectivity index (χ4n) is 1.77. The molecule has 1 aliphatic rings. The molecule has 1 saturated heterocycles. The summed E-state index contributed by atoms with van der Waals surface area (Å²) in [6.07, 6.45) is -0.553. The molecule has 1 aliphatic heterocycles. The maximum Gasteiger partial charge on any atom is 0.321 e. The first-order valence-electron chi connectivity index (χ1n) is 5.66. The summed E-state index contributed by atoms with van der Waals surface area (Å²) in [5.74, 6) is -2.64. The number of likely N-dealkylation sites (tertiary alicyclic amines) is 1. The SMILES string of the molecule is O=C(Nc1ccc(Cl)cc1)N1CCC(F)(F)CC1. The van der Waals surface area contributed by atoms with E-state index in [1.807, 2.05) is 0 Å². The van der Waals surface area contributed by atoms with Crippen LogP contribution >= 0.6 is 11.6 Å². The van der Waals surface area contributed by atoms with Crippen LogP contribution in [0.2, 0.25) is 5.02 Å². The predicted molar refractivity (Wildman–Crippen MR) is 66.2 cm³/mol. The summed E-state index contributed by atoms with van der Waals surface area (Å²) < 4.78 is 25.9. The van der Waals surface area contributed by atoms with Crippen LogP contribution in [0.5, 0.6) is 0 Å². The van der Waals surface area contributed by atoms with Gasteiger partial charge in [-0.25, -0.2) is 13.6 Å². The minimum atomic E-state index is -2.64. The highest BCUT2D eigenvalue weighted by Gasteiger charge is 2.35. The highest BCUT2D eigenvalue weighted by molar-refractivity contribution is 6.30. The van der Waals surface area contributed by atoms with E-state index in [-0.39, 0.29) is 32.0 Å². The number of anilines is 1. The lowest BCUT2D eigenvalue weighted by molar-refractivity contribution is -0.0461. The summed E-state index contributed by atoms with van der Waals surface area (Å²) in [5.41, 5.74) is 0.599. The second kappa shape index (κ2) is 5.10. The maximum atomic E-state index is 12.9. The quantitative estimate of drug-likeness (QED) is 0.834. The van der Waals surface area contributed by atoms with Gasteiger partial charge in [-0.05, 0) is 24.3 Å². The van der Waals surface area contributed by atoms with Gasteiger partial charge in [-0.1, -0.05) is 11.6 Å². The molecule has 1 aromatic carbocycles. The standard InChI is InChI=1S/C12H13ClF2N2O/c13-9-1-3-10(4-2-9)16-11(18)17-7-5-12(14,15)6-8-17/h1-4H,5-8H2,(H,16,18). The van der Waals surface area contributed by atoms with Crippen molar-refractivity contribution < 1.29 is 13.6 Å². The van der Waals surface area contributed by atoms with E-state index < -0.39 is 5.92 Å².